The molecule has 2 aromatic carbocycles. The van der Waals surface area contributed by atoms with Crippen LogP contribution in [0.4, 0.5) is 5.69 Å². The summed E-state index contributed by atoms with van der Waals surface area (Å²) in [5, 5.41) is 0. The van der Waals surface area contributed by atoms with E-state index in [-0.39, 0.29) is 0 Å². The molecule has 4 nitrogen and oxygen atoms in total. The number of allylic oxidation sites excluding steroid dienone is 2. The van der Waals surface area contributed by atoms with Crippen molar-refractivity contribution in [3.8, 4) is 5.75 Å². The second-order valence-electron chi connectivity index (χ2n) is 5.35. The fraction of sp³-hybridized carbons (Fsp3) is 0.105. The molecule has 0 bridgehead atoms. The molecule has 2 N–H and O–H groups in total. The van der Waals surface area contributed by atoms with Gasteiger partial charge in [0, 0.05) is 11.9 Å². The van der Waals surface area contributed by atoms with E-state index in [1.165, 1.54) is 0 Å². The van der Waals surface area contributed by atoms with Crippen LogP contribution < -0.4 is 15.4 Å². The third kappa shape index (κ3) is 2.89. The van der Waals surface area contributed by atoms with Crippen molar-refractivity contribution in [3.05, 3.63) is 78.5 Å². The lowest BCUT2D eigenvalue weighted by atomic mass is 9.96. The van der Waals surface area contributed by atoms with Crippen LogP contribution >= 0.6 is 0 Å². The molecule has 23 heavy (non-hydrogen) atoms. The summed E-state index contributed by atoms with van der Waals surface area (Å²) in [5.41, 5.74) is 7.87. The van der Waals surface area contributed by atoms with Crippen LogP contribution in [0.5, 0.6) is 5.75 Å². The number of nitrogens with zero attached hydrogens (tertiary/aromatic N) is 1. The predicted octanol–water partition coefficient (Wildman–Crippen LogP) is 2.97. The predicted molar refractivity (Wildman–Crippen MR) is 92.0 cm³/mol. The van der Waals surface area contributed by atoms with Gasteiger partial charge < -0.3 is 9.64 Å². The summed E-state index contributed by atoms with van der Waals surface area (Å²) in [7, 11) is 1.61. The Morgan fingerprint density at radius 1 is 1.09 bits per heavy atom. The lowest BCUT2D eigenvalue weighted by Crippen LogP contribution is -2.55. The monoisotopic (exact) mass is 306 g/mol. The molecule has 0 saturated carbocycles. The Labute approximate surface area is 135 Å². The quantitative estimate of drug-likeness (QED) is 0.882. The van der Waals surface area contributed by atoms with Crippen molar-refractivity contribution in [2.45, 2.75) is 5.66 Å². The summed E-state index contributed by atoms with van der Waals surface area (Å²) in [6.45, 7) is 0. The molecule has 1 aliphatic heterocycles. The van der Waals surface area contributed by atoms with E-state index in [0.29, 0.717) is 0 Å². The highest BCUT2D eigenvalue weighted by Crippen LogP contribution is 2.31. The zero-order chi connectivity index (χ0) is 16.3. The van der Waals surface area contributed by atoms with Gasteiger partial charge in [0.1, 0.15) is 5.75 Å². The summed E-state index contributed by atoms with van der Waals surface area (Å²) in [4.78, 5) is 13.4. The molecule has 0 spiro atoms. The third-order valence-electron chi connectivity index (χ3n) is 3.85. The summed E-state index contributed by atoms with van der Waals surface area (Å²) in [6.07, 6.45) is 6.32. The van der Waals surface area contributed by atoms with E-state index in [9.17, 15) is 4.79 Å². The summed E-state index contributed by atoms with van der Waals surface area (Å²) < 4.78 is 5.16. The number of hydrogen-bond donors (Lipinski definition) is 1. The van der Waals surface area contributed by atoms with E-state index in [2.05, 4.69) is 0 Å². The number of rotatable bonds is 4. The van der Waals surface area contributed by atoms with E-state index in [4.69, 9.17) is 10.5 Å². The first-order valence-corrected chi connectivity index (χ1v) is 7.31. The first kappa shape index (κ1) is 15.1. The van der Waals surface area contributed by atoms with E-state index < -0.39 is 5.66 Å². The minimum Gasteiger partial charge on any atom is -0.497 e. The van der Waals surface area contributed by atoms with Crippen LogP contribution in [-0.2, 0) is 4.79 Å². The average Bonchev–Trinajstić information content (AvgIpc) is 2.62. The Balaban J connectivity index is 1.97. The van der Waals surface area contributed by atoms with Crippen molar-refractivity contribution >= 4 is 17.5 Å². The van der Waals surface area contributed by atoms with Crippen LogP contribution in [-0.4, -0.2) is 19.1 Å². The zero-order valence-corrected chi connectivity index (χ0v) is 12.8. The molecule has 1 heterocycles. The summed E-state index contributed by atoms with van der Waals surface area (Å²) >= 11 is 0. The largest absolute Gasteiger partial charge is 0.497 e. The van der Waals surface area contributed by atoms with E-state index >= 15 is 0 Å². The highest BCUT2D eigenvalue weighted by atomic mass is 16.5. The molecule has 0 saturated heterocycles. The van der Waals surface area contributed by atoms with E-state index in [1.807, 2.05) is 66.9 Å². The van der Waals surface area contributed by atoms with Gasteiger partial charge in [0.05, 0.1) is 7.11 Å². The number of carbonyl (C=O) groups excluding carboxylic acids is 1. The molecule has 0 aliphatic carbocycles. The fourth-order valence-corrected chi connectivity index (χ4v) is 2.60. The van der Waals surface area contributed by atoms with Gasteiger partial charge in [0.15, 0.2) is 11.9 Å². The van der Waals surface area contributed by atoms with Gasteiger partial charge in [-0.3, -0.25) is 10.5 Å². The van der Waals surface area contributed by atoms with Gasteiger partial charge in [-0.2, -0.15) is 0 Å². The SMILES string of the molecule is COc1ccc(N2C=CC(c3ccccc3)=CC2(N)C=O)cc1. The van der Waals surface area contributed by atoms with Gasteiger partial charge in [-0.05, 0) is 47.6 Å². The molecule has 2 aromatic rings. The molecule has 1 unspecified atom stereocenters. The fourth-order valence-electron chi connectivity index (χ4n) is 2.60. The number of anilines is 1. The summed E-state index contributed by atoms with van der Waals surface area (Å²) in [5.74, 6) is 0.754. The molecule has 0 aromatic heterocycles. The molecule has 1 aliphatic rings. The Hall–Kier alpha value is -2.85. The number of ether oxygens (including phenoxy) is 1. The van der Waals surface area contributed by atoms with Crippen molar-refractivity contribution in [3.63, 3.8) is 0 Å². The Morgan fingerprint density at radius 2 is 1.78 bits per heavy atom. The smallest absolute Gasteiger partial charge is 0.169 e. The minimum absolute atomic E-state index is 0.754. The molecular formula is C19H18N2O2. The number of aldehydes is 1. The van der Waals surface area contributed by atoms with Gasteiger partial charge in [-0.15, -0.1) is 0 Å². The highest BCUT2D eigenvalue weighted by molar-refractivity contribution is 5.87. The zero-order valence-electron chi connectivity index (χ0n) is 12.8. The van der Waals surface area contributed by atoms with Crippen LogP contribution in [0.25, 0.3) is 5.57 Å². The van der Waals surface area contributed by atoms with E-state index in [0.717, 1.165) is 28.9 Å². The molecule has 0 radical (unpaired) electrons. The Morgan fingerprint density at radius 3 is 2.39 bits per heavy atom. The highest BCUT2D eigenvalue weighted by Gasteiger charge is 2.32. The van der Waals surface area contributed by atoms with Gasteiger partial charge in [0.25, 0.3) is 0 Å². The second kappa shape index (κ2) is 6.10. The third-order valence-corrected chi connectivity index (χ3v) is 3.85. The second-order valence-corrected chi connectivity index (χ2v) is 5.35. The molecule has 0 fully saturated rings. The van der Waals surface area contributed by atoms with Crippen LogP contribution in [0.3, 0.4) is 0 Å². The van der Waals surface area contributed by atoms with Crippen LogP contribution in [0.2, 0.25) is 0 Å². The van der Waals surface area contributed by atoms with E-state index in [1.54, 1.807) is 18.1 Å². The number of hydrogen-bond acceptors (Lipinski definition) is 4. The maximum Gasteiger partial charge on any atom is 0.169 e. The molecule has 3 rings (SSSR count). The number of carbonyl (C=O) groups is 1. The van der Waals surface area contributed by atoms with Crippen molar-refractivity contribution in [1.29, 1.82) is 0 Å². The van der Waals surface area contributed by atoms with Crippen LogP contribution in [0.1, 0.15) is 5.56 Å². The van der Waals surface area contributed by atoms with Gasteiger partial charge in [-0.25, -0.2) is 0 Å². The molecule has 116 valence electrons. The number of benzene rings is 2. The van der Waals surface area contributed by atoms with Crippen molar-refractivity contribution in [2.75, 3.05) is 12.0 Å². The lowest BCUT2D eigenvalue weighted by molar-refractivity contribution is -0.110. The first-order valence-electron chi connectivity index (χ1n) is 7.31. The average molecular weight is 306 g/mol. The summed E-state index contributed by atoms with van der Waals surface area (Å²) in [6, 6.07) is 17.3. The molecule has 1 atom stereocenters. The van der Waals surface area contributed by atoms with Crippen LogP contribution in [0.15, 0.2) is 72.9 Å². The standard InChI is InChI=1S/C19H18N2O2/c1-23-18-9-7-17(8-10-18)21-12-11-16(13-19(21,20)14-22)15-5-3-2-4-6-15/h2-14H,20H2,1H3. The molecular weight excluding hydrogens is 288 g/mol. The normalized spacial score (nSPS) is 20.1. The van der Waals surface area contributed by atoms with Gasteiger partial charge in [0.2, 0.25) is 0 Å². The van der Waals surface area contributed by atoms with Crippen molar-refractivity contribution < 1.29 is 9.53 Å². The molecule has 4 heteroatoms. The topological polar surface area (TPSA) is 55.6 Å². The van der Waals surface area contributed by atoms with Crippen molar-refractivity contribution in [1.82, 2.24) is 0 Å². The minimum atomic E-state index is -1.23. The number of nitrogens with two attached hydrogens (primary N) is 1. The Kier molecular flexibility index (Phi) is 4.00. The van der Waals surface area contributed by atoms with Gasteiger partial charge >= 0.3 is 0 Å². The van der Waals surface area contributed by atoms with Gasteiger partial charge in [-0.1, -0.05) is 30.3 Å². The maximum absolute atomic E-state index is 11.7. The molecule has 0 amide bonds. The lowest BCUT2D eigenvalue weighted by Gasteiger charge is -2.37. The Bertz CT molecular complexity index is 751. The first-order chi connectivity index (χ1) is 11.2. The van der Waals surface area contributed by atoms with Crippen LogP contribution in [0, 0.1) is 0 Å². The van der Waals surface area contributed by atoms with Crippen molar-refractivity contribution in [2.24, 2.45) is 5.73 Å². The maximum atomic E-state index is 11.7. The number of methoxy groups -OCH3 is 1.